The first-order chi connectivity index (χ1) is 9.06. The van der Waals surface area contributed by atoms with Crippen molar-refractivity contribution in [1.82, 2.24) is 0 Å². The third-order valence-corrected chi connectivity index (χ3v) is 3.73. The van der Waals surface area contributed by atoms with Crippen LogP contribution in [0.1, 0.15) is 13.8 Å². The predicted octanol–water partition coefficient (Wildman–Crippen LogP) is 3.03. The Hall–Kier alpha value is -1.36. The van der Waals surface area contributed by atoms with Crippen LogP contribution in [0, 0.1) is 5.92 Å². The maximum atomic E-state index is 11.8. The number of carbonyl (C=O) groups is 1. The molecule has 0 aliphatic heterocycles. The molecule has 0 heterocycles. The van der Waals surface area contributed by atoms with Gasteiger partial charge in [-0.25, -0.2) is 0 Å². The highest BCUT2D eigenvalue weighted by atomic mass is 32.2. The molecule has 0 saturated heterocycles. The van der Waals surface area contributed by atoms with Crippen molar-refractivity contribution in [3.63, 3.8) is 0 Å². The van der Waals surface area contributed by atoms with Crippen LogP contribution in [0.5, 0.6) is 11.5 Å². The molecule has 0 atom stereocenters. The summed E-state index contributed by atoms with van der Waals surface area (Å²) >= 11 is 1.63. The van der Waals surface area contributed by atoms with Gasteiger partial charge >= 0.3 is 0 Å². The Balaban J connectivity index is 2.61. The Morgan fingerprint density at radius 1 is 1.32 bits per heavy atom. The molecule has 1 N–H and O–H groups in total. The molecular weight excluding hydrogens is 262 g/mol. The summed E-state index contributed by atoms with van der Waals surface area (Å²) in [6.07, 6.45) is 0. The number of hydrogen-bond acceptors (Lipinski definition) is 4. The molecule has 4 nitrogen and oxygen atoms in total. The number of nitrogens with one attached hydrogen (secondary N) is 1. The van der Waals surface area contributed by atoms with Crippen LogP contribution in [0.3, 0.4) is 0 Å². The van der Waals surface area contributed by atoms with Gasteiger partial charge in [-0.2, -0.15) is 11.8 Å². The van der Waals surface area contributed by atoms with Gasteiger partial charge in [-0.3, -0.25) is 4.79 Å². The third-order valence-electron chi connectivity index (χ3n) is 2.37. The van der Waals surface area contributed by atoms with Gasteiger partial charge in [0.05, 0.1) is 25.7 Å². The fourth-order valence-corrected chi connectivity index (χ4v) is 2.33. The van der Waals surface area contributed by atoms with E-state index in [4.69, 9.17) is 9.47 Å². The van der Waals surface area contributed by atoms with Gasteiger partial charge in [0.25, 0.3) is 0 Å². The van der Waals surface area contributed by atoms with Crippen LogP contribution in [0.4, 0.5) is 5.69 Å². The zero-order valence-electron chi connectivity index (χ0n) is 11.9. The largest absolute Gasteiger partial charge is 0.497 e. The van der Waals surface area contributed by atoms with Crippen LogP contribution in [-0.2, 0) is 4.79 Å². The standard InChI is InChI=1S/C14H21NO3S/c1-10(2)8-19-9-14(16)15-12-7-11(17-3)5-6-13(12)18-4/h5-7,10H,8-9H2,1-4H3,(H,15,16). The summed E-state index contributed by atoms with van der Waals surface area (Å²) in [7, 11) is 3.16. The molecule has 0 fully saturated rings. The molecule has 106 valence electrons. The van der Waals surface area contributed by atoms with Crippen LogP contribution in [-0.4, -0.2) is 31.6 Å². The van der Waals surface area contributed by atoms with Crippen molar-refractivity contribution in [2.45, 2.75) is 13.8 Å². The van der Waals surface area contributed by atoms with Crippen molar-refractivity contribution in [1.29, 1.82) is 0 Å². The maximum Gasteiger partial charge on any atom is 0.234 e. The Labute approximate surface area is 118 Å². The number of rotatable bonds is 7. The van der Waals surface area contributed by atoms with E-state index in [2.05, 4.69) is 19.2 Å². The number of thioether (sulfide) groups is 1. The zero-order valence-corrected chi connectivity index (χ0v) is 12.7. The quantitative estimate of drug-likeness (QED) is 0.835. The summed E-state index contributed by atoms with van der Waals surface area (Å²) in [5.41, 5.74) is 0.636. The van der Waals surface area contributed by atoms with Crippen LogP contribution in [0.25, 0.3) is 0 Å². The lowest BCUT2D eigenvalue weighted by Gasteiger charge is -2.12. The van der Waals surface area contributed by atoms with Crippen molar-refractivity contribution in [2.75, 3.05) is 31.0 Å². The minimum atomic E-state index is -0.0304. The monoisotopic (exact) mass is 283 g/mol. The Bertz CT molecular complexity index is 421. The fraction of sp³-hybridized carbons (Fsp3) is 0.500. The predicted molar refractivity (Wildman–Crippen MR) is 80.3 cm³/mol. The molecule has 0 unspecified atom stereocenters. The molecule has 0 aliphatic rings. The van der Waals surface area contributed by atoms with Crippen LogP contribution in [0.2, 0.25) is 0 Å². The van der Waals surface area contributed by atoms with E-state index in [9.17, 15) is 4.79 Å². The average Bonchev–Trinajstić information content (AvgIpc) is 2.38. The number of benzene rings is 1. The molecule has 0 spiro atoms. The third kappa shape index (κ3) is 5.42. The minimum Gasteiger partial charge on any atom is -0.497 e. The highest BCUT2D eigenvalue weighted by molar-refractivity contribution is 7.99. The Kier molecular flexibility index (Phi) is 6.56. The topological polar surface area (TPSA) is 47.6 Å². The second-order valence-corrected chi connectivity index (χ2v) is 5.55. The lowest BCUT2D eigenvalue weighted by molar-refractivity contribution is -0.113. The number of hydrogen-bond donors (Lipinski definition) is 1. The Morgan fingerprint density at radius 2 is 2.05 bits per heavy atom. The van der Waals surface area contributed by atoms with Crippen molar-refractivity contribution < 1.29 is 14.3 Å². The van der Waals surface area contributed by atoms with E-state index in [0.29, 0.717) is 28.9 Å². The Morgan fingerprint density at radius 3 is 2.63 bits per heavy atom. The second-order valence-electron chi connectivity index (χ2n) is 4.52. The summed E-state index contributed by atoms with van der Waals surface area (Å²) in [4.78, 5) is 11.8. The van der Waals surface area contributed by atoms with E-state index in [1.807, 2.05) is 0 Å². The average molecular weight is 283 g/mol. The van der Waals surface area contributed by atoms with Crippen LogP contribution in [0.15, 0.2) is 18.2 Å². The van der Waals surface area contributed by atoms with Crippen molar-refractivity contribution >= 4 is 23.4 Å². The normalized spacial score (nSPS) is 10.4. The smallest absolute Gasteiger partial charge is 0.234 e. The lowest BCUT2D eigenvalue weighted by Crippen LogP contribution is -2.15. The summed E-state index contributed by atoms with van der Waals surface area (Å²) in [5, 5.41) is 2.85. The first kappa shape index (κ1) is 15.7. The molecule has 0 radical (unpaired) electrons. The second kappa shape index (κ2) is 7.94. The molecule has 5 heteroatoms. The first-order valence-electron chi connectivity index (χ1n) is 6.16. The maximum absolute atomic E-state index is 11.8. The number of carbonyl (C=O) groups excluding carboxylic acids is 1. The van der Waals surface area contributed by atoms with Gasteiger partial charge < -0.3 is 14.8 Å². The molecule has 19 heavy (non-hydrogen) atoms. The summed E-state index contributed by atoms with van der Waals surface area (Å²) in [5.74, 6) is 3.29. The number of ether oxygens (including phenoxy) is 2. The van der Waals surface area contributed by atoms with Crippen molar-refractivity contribution in [3.8, 4) is 11.5 Å². The van der Waals surface area contributed by atoms with Gasteiger partial charge in [0.15, 0.2) is 0 Å². The lowest BCUT2D eigenvalue weighted by atomic mass is 10.2. The van der Waals surface area contributed by atoms with Gasteiger partial charge in [-0.15, -0.1) is 0 Å². The van der Waals surface area contributed by atoms with E-state index in [-0.39, 0.29) is 5.91 Å². The van der Waals surface area contributed by atoms with Gasteiger partial charge in [0.1, 0.15) is 11.5 Å². The van der Waals surface area contributed by atoms with E-state index >= 15 is 0 Å². The van der Waals surface area contributed by atoms with Crippen LogP contribution < -0.4 is 14.8 Å². The number of amides is 1. The summed E-state index contributed by atoms with van der Waals surface area (Å²) in [6, 6.07) is 5.32. The van der Waals surface area contributed by atoms with Crippen molar-refractivity contribution in [3.05, 3.63) is 18.2 Å². The fourth-order valence-electron chi connectivity index (χ4n) is 1.49. The molecule has 0 aliphatic carbocycles. The van der Waals surface area contributed by atoms with Crippen LogP contribution >= 0.6 is 11.8 Å². The molecule has 0 saturated carbocycles. The highest BCUT2D eigenvalue weighted by Crippen LogP contribution is 2.28. The van der Waals surface area contributed by atoms with Gasteiger partial charge in [-0.05, 0) is 23.8 Å². The van der Waals surface area contributed by atoms with Gasteiger partial charge in [0.2, 0.25) is 5.91 Å². The molecule has 1 rings (SSSR count). The van der Waals surface area contributed by atoms with Crippen molar-refractivity contribution in [2.24, 2.45) is 5.92 Å². The SMILES string of the molecule is COc1ccc(OC)c(NC(=O)CSCC(C)C)c1. The van der Waals surface area contributed by atoms with E-state index in [1.54, 1.807) is 44.2 Å². The van der Waals surface area contributed by atoms with E-state index in [1.165, 1.54) is 0 Å². The summed E-state index contributed by atoms with van der Waals surface area (Å²) < 4.78 is 10.3. The molecule has 0 aromatic heterocycles. The molecule has 1 aromatic carbocycles. The zero-order chi connectivity index (χ0) is 14.3. The number of anilines is 1. The minimum absolute atomic E-state index is 0.0304. The van der Waals surface area contributed by atoms with Gasteiger partial charge in [0, 0.05) is 6.07 Å². The highest BCUT2D eigenvalue weighted by Gasteiger charge is 2.09. The van der Waals surface area contributed by atoms with E-state index in [0.717, 1.165) is 5.75 Å². The molecular formula is C14H21NO3S. The first-order valence-corrected chi connectivity index (χ1v) is 7.32. The summed E-state index contributed by atoms with van der Waals surface area (Å²) in [6.45, 7) is 4.27. The molecule has 1 amide bonds. The molecule has 0 bridgehead atoms. The van der Waals surface area contributed by atoms with Gasteiger partial charge in [-0.1, -0.05) is 13.8 Å². The molecule has 1 aromatic rings. The number of methoxy groups -OCH3 is 2. The van der Waals surface area contributed by atoms with E-state index < -0.39 is 0 Å².